The standard InChI is InChI=1S/C25H24N4O2/c1-24(2,3)9-8-16-11-20-22(28-13-16)31-21-7-6-17(18-5-4-10-27-14-18)12-19(21)25(20)15-30-23(26)29-25/h4-14H,15H2,1-3H3,(H2,26,29)/b9-8+/t25-/m0/s1. The van der Waals surface area contributed by atoms with Crippen LogP contribution in [-0.2, 0) is 10.3 Å². The van der Waals surface area contributed by atoms with Crippen molar-refractivity contribution in [2.45, 2.75) is 26.3 Å². The third-order valence-corrected chi connectivity index (χ3v) is 5.45. The van der Waals surface area contributed by atoms with E-state index in [0.717, 1.165) is 27.8 Å². The van der Waals surface area contributed by atoms with Crippen molar-refractivity contribution in [3.05, 3.63) is 77.8 Å². The van der Waals surface area contributed by atoms with Crippen LogP contribution in [0.15, 0.2) is 66.1 Å². The maximum Gasteiger partial charge on any atom is 0.283 e. The summed E-state index contributed by atoms with van der Waals surface area (Å²) in [7, 11) is 0. The van der Waals surface area contributed by atoms with Gasteiger partial charge in [-0.15, -0.1) is 0 Å². The molecule has 0 saturated carbocycles. The number of nitrogens with two attached hydrogens (primary N) is 1. The van der Waals surface area contributed by atoms with Crippen LogP contribution in [-0.4, -0.2) is 22.6 Å². The minimum absolute atomic E-state index is 0.0639. The third kappa shape index (κ3) is 3.44. The largest absolute Gasteiger partial charge is 0.462 e. The fourth-order valence-electron chi connectivity index (χ4n) is 3.89. The van der Waals surface area contributed by atoms with Crippen LogP contribution >= 0.6 is 0 Å². The number of benzene rings is 1. The number of amidine groups is 1. The number of fused-ring (bicyclic) bond motifs is 4. The lowest BCUT2D eigenvalue weighted by Gasteiger charge is -2.33. The SMILES string of the molecule is CC(C)(C)/C=C/c1cnc2c(c1)[C@]1(COC(N)=N1)c1cc(-c3cccnc3)ccc1O2. The van der Waals surface area contributed by atoms with Gasteiger partial charge in [-0.1, -0.05) is 45.1 Å². The van der Waals surface area contributed by atoms with E-state index >= 15 is 0 Å². The number of aromatic nitrogens is 2. The summed E-state index contributed by atoms with van der Waals surface area (Å²) in [6, 6.07) is 12.2. The molecule has 2 aliphatic heterocycles. The quantitative estimate of drug-likeness (QED) is 0.647. The average Bonchev–Trinajstić information content (AvgIpc) is 3.15. The van der Waals surface area contributed by atoms with E-state index in [4.69, 9.17) is 20.2 Å². The molecule has 2 N–H and O–H groups in total. The van der Waals surface area contributed by atoms with E-state index in [9.17, 15) is 0 Å². The van der Waals surface area contributed by atoms with E-state index < -0.39 is 5.54 Å². The van der Waals surface area contributed by atoms with Gasteiger partial charge < -0.3 is 15.2 Å². The highest BCUT2D eigenvalue weighted by Gasteiger charge is 2.47. The number of ether oxygens (including phenoxy) is 2. The molecule has 3 aromatic rings. The number of pyridine rings is 2. The van der Waals surface area contributed by atoms with Gasteiger partial charge in [-0.2, -0.15) is 0 Å². The van der Waals surface area contributed by atoms with Crippen LogP contribution in [0.5, 0.6) is 11.6 Å². The molecule has 1 spiro atoms. The lowest BCUT2D eigenvalue weighted by molar-refractivity contribution is 0.262. The summed E-state index contributed by atoms with van der Waals surface area (Å²) in [6.45, 7) is 6.77. The van der Waals surface area contributed by atoms with Crippen molar-refractivity contribution in [1.82, 2.24) is 9.97 Å². The fourth-order valence-corrected chi connectivity index (χ4v) is 3.89. The summed E-state index contributed by atoms with van der Waals surface area (Å²) < 4.78 is 11.8. The highest BCUT2D eigenvalue weighted by atomic mass is 16.5. The molecule has 6 heteroatoms. The number of hydrogen-bond donors (Lipinski definition) is 1. The highest BCUT2D eigenvalue weighted by molar-refractivity contribution is 5.78. The summed E-state index contributed by atoms with van der Waals surface area (Å²) in [5, 5.41) is 0. The second-order valence-corrected chi connectivity index (χ2v) is 8.97. The molecule has 0 aliphatic carbocycles. The minimum Gasteiger partial charge on any atom is -0.462 e. The van der Waals surface area contributed by atoms with Gasteiger partial charge in [0.25, 0.3) is 6.02 Å². The molecule has 0 saturated heterocycles. The van der Waals surface area contributed by atoms with Crippen molar-refractivity contribution in [3.63, 3.8) is 0 Å². The molecule has 31 heavy (non-hydrogen) atoms. The van der Waals surface area contributed by atoms with Crippen molar-refractivity contribution in [3.8, 4) is 22.8 Å². The molecule has 6 nitrogen and oxygen atoms in total. The Morgan fingerprint density at radius 3 is 2.65 bits per heavy atom. The molecule has 0 fully saturated rings. The first-order chi connectivity index (χ1) is 14.8. The van der Waals surface area contributed by atoms with Gasteiger partial charge in [0.05, 0.1) is 5.56 Å². The average molecular weight is 412 g/mol. The van der Waals surface area contributed by atoms with Gasteiger partial charge in [0.1, 0.15) is 12.4 Å². The van der Waals surface area contributed by atoms with E-state index in [1.807, 2.05) is 36.7 Å². The van der Waals surface area contributed by atoms with Crippen LogP contribution in [0.4, 0.5) is 0 Å². The van der Waals surface area contributed by atoms with Crippen molar-refractivity contribution < 1.29 is 9.47 Å². The third-order valence-electron chi connectivity index (χ3n) is 5.45. The van der Waals surface area contributed by atoms with E-state index in [1.165, 1.54) is 0 Å². The molecule has 0 radical (unpaired) electrons. The van der Waals surface area contributed by atoms with Crippen LogP contribution in [0, 0.1) is 5.41 Å². The van der Waals surface area contributed by atoms with Crippen LogP contribution < -0.4 is 10.5 Å². The smallest absolute Gasteiger partial charge is 0.283 e. The number of aliphatic imine (C=N–C) groups is 1. The van der Waals surface area contributed by atoms with Gasteiger partial charge in [0.15, 0.2) is 5.54 Å². The Balaban J connectivity index is 1.67. The lowest BCUT2D eigenvalue weighted by atomic mass is 9.81. The maximum absolute atomic E-state index is 6.17. The molecule has 5 rings (SSSR count). The van der Waals surface area contributed by atoms with Crippen LogP contribution in [0.3, 0.4) is 0 Å². The monoisotopic (exact) mass is 412 g/mol. The lowest BCUT2D eigenvalue weighted by Crippen LogP contribution is -2.31. The van der Waals surface area contributed by atoms with E-state index in [1.54, 1.807) is 6.20 Å². The second kappa shape index (κ2) is 6.94. The molecule has 156 valence electrons. The first kappa shape index (κ1) is 19.3. The molecule has 1 atom stereocenters. The Kier molecular flexibility index (Phi) is 4.32. The molecule has 0 unspecified atom stereocenters. The maximum atomic E-state index is 6.17. The summed E-state index contributed by atoms with van der Waals surface area (Å²) in [6.07, 6.45) is 9.64. The van der Waals surface area contributed by atoms with Gasteiger partial charge in [-0.05, 0) is 40.8 Å². The first-order valence-electron chi connectivity index (χ1n) is 10.2. The predicted molar refractivity (Wildman–Crippen MR) is 121 cm³/mol. The van der Waals surface area contributed by atoms with Gasteiger partial charge in [-0.3, -0.25) is 4.98 Å². The number of allylic oxidation sites excluding steroid dienone is 1. The Labute approximate surface area is 181 Å². The molecule has 4 heterocycles. The molecule has 0 amide bonds. The Bertz CT molecular complexity index is 1210. The predicted octanol–water partition coefficient (Wildman–Crippen LogP) is 4.90. The topological polar surface area (TPSA) is 82.6 Å². The first-order valence-corrected chi connectivity index (χ1v) is 10.2. The number of nitrogens with zero attached hydrogens (tertiary/aromatic N) is 3. The van der Waals surface area contributed by atoms with E-state index in [2.05, 4.69) is 55.0 Å². The Morgan fingerprint density at radius 1 is 1.06 bits per heavy atom. The van der Waals surface area contributed by atoms with Gasteiger partial charge >= 0.3 is 0 Å². The Hall–Kier alpha value is -3.67. The molecule has 0 bridgehead atoms. The van der Waals surface area contributed by atoms with Gasteiger partial charge in [-0.25, -0.2) is 9.98 Å². The van der Waals surface area contributed by atoms with Crippen LogP contribution in [0.2, 0.25) is 0 Å². The summed E-state index contributed by atoms with van der Waals surface area (Å²) in [4.78, 5) is 13.6. The summed E-state index contributed by atoms with van der Waals surface area (Å²) in [5.41, 5.74) is 10.0. The zero-order valence-electron chi connectivity index (χ0n) is 17.8. The minimum atomic E-state index is -0.802. The molecule has 2 aliphatic rings. The molecule has 1 aromatic carbocycles. The van der Waals surface area contributed by atoms with Crippen molar-refractivity contribution in [1.29, 1.82) is 0 Å². The molecular weight excluding hydrogens is 388 g/mol. The summed E-state index contributed by atoms with van der Waals surface area (Å²) >= 11 is 0. The van der Waals surface area contributed by atoms with E-state index in [0.29, 0.717) is 18.2 Å². The zero-order valence-corrected chi connectivity index (χ0v) is 17.8. The normalized spacial score (nSPS) is 19.5. The highest BCUT2D eigenvalue weighted by Crippen LogP contribution is 2.51. The van der Waals surface area contributed by atoms with Gasteiger partial charge in [0.2, 0.25) is 5.88 Å². The Morgan fingerprint density at radius 2 is 1.94 bits per heavy atom. The fraction of sp³-hybridized carbons (Fsp3) is 0.240. The molecule has 2 aromatic heterocycles. The molecular formula is C25H24N4O2. The van der Waals surface area contributed by atoms with Gasteiger partial charge in [0, 0.05) is 29.7 Å². The second-order valence-electron chi connectivity index (χ2n) is 8.97. The number of rotatable bonds is 2. The van der Waals surface area contributed by atoms with Crippen molar-refractivity contribution in [2.75, 3.05) is 6.61 Å². The van der Waals surface area contributed by atoms with E-state index in [-0.39, 0.29) is 11.4 Å². The van der Waals surface area contributed by atoms with Crippen LogP contribution in [0.1, 0.15) is 37.5 Å². The van der Waals surface area contributed by atoms with Crippen LogP contribution in [0.25, 0.3) is 17.2 Å². The van der Waals surface area contributed by atoms with Crippen molar-refractivity contribution >= 4 is 12.1 Å². The number of hydrogen-bond acceptors (Lipinski definition) is 6. The summed E-state index contributed by atoms with van der Waals surface area (Å²) in [5.74, 6) is 1.23. The zero-order chi connectivity index (χ0) is 21.6. The van der Waals surface area contributed by atoms with Crippen molar-refractivity contribution in [2.24, 2.45) is 16.1 Å².